The van der Waals surface area contributed by atoms with E-state index in [2.05, 4.69) is 5.32 Å². The zero-order valence-corrected chi connectivity index (χ0v) is 8.12. The summed E-state index contributed by atoms with van der Waals surface area (Å²) in [4.78, 5) is 11.0. The molecule has 4 nitrogen and oxygen atoms in total. The van der Waals surface area contributed by atoms with Gasteiger partial charge in [-0.2, -0.15) is 0 Å². The molecule has 0 aliphatic heterocycles. The van der Waals surface area contributed by atoms with Crippen molar-refractivity contribution in [1.82, 2.24) is 5.32 Å². The molecule has 0 heterocycles. The summed E-state index contributed by atoms with van der Waals surface area (Å²) in [5.74, 6) is -0.118. The van der Waals surface area contributed by atoms with Gasteiger partial charge in [-0.3, -0.25) is 4.79 Å². The summed E-state index contributed by atoms with van der Waals surface area (Å²) in [7, 11) is 0. The van der Waals surface area contributed by atoms with Gasteiger partial charge in [0, 0.05) is 13.2 Å². The van der Waals surface area contributed by atoms with E-state index in [1.165, 1.54) is 0 Å². The first kappa shape index (κ1) is 12.4. The molecule has 0 spiro atoms. The quantitative estimate of drug-likeness (QED) is 0.529. The zero-order chi connectivity index (χ0) is 10.1. The molecule has 13 heavy (non-hydrogen) atoms. The molecule has 0 aliphatic rings. The fraction of sp³-hybridized carbons (Fsp3) is 0.889. The number of carbonyl (C=O) groups excluding carboxylic acids is 1. The number of aliphatic hydroxyl groups excluding tert-OH is 2. The Balaban J connectivity index is 3.41. The average molecular weight is 189 g/mol. The summed E-state index contributed by atoms with van der Waals surface area (Å²) in [6.45, 7) is 2.70. The van der Waals surface area contributed by atoms with Gasteiger partial charge in [-0.05, 0) is 19.3 Å². The van der Waals surface area contributed by atoms with Gasteiger partial charge in [0.1, 0.15) is 0 Å². The summed E-state index contributed by atoms with van der Waals surface area (Å²) in [6.07, 6.45) is 1.44. The van der Waals surface area contributed by atoms with Crippen molar-refractivity contribution >= 4 is 5.91 Å². The summed E-state index contributed by atoms with van der Waals surface area (Å²) in [6, 6.07) is 0. The van der Waals surface area contributed by atoms with Crippen LogP contribution in [0, 0.1) is 0 Å². The maximum absolute atomic E-state index is 11.0. The van der Waals surface area contributed by atoms with Crippen LogP contribution in [0.1, 0.15) is 32.6 Å². The van der Waals surface area contributed by atoms with Crippen molar-refractivity contribution in [1.29, 1.82) is 0 Å². The average Bonchev–Trinajstić information content (AvgIpc) is 2.11. The number of hydrogen-bond donors (Lipinski definition) is 3. The fourth-order valence-corrected chi connectivity index (χ4v) is 0.980. The molecule has 0 aliphatic carbocycles. The molecule has 0 aromatic carbocycles. The molecule has 3 N–H and O–H groups in total. The SMILES string of the molecule is CCCNC(=O)CC(O)CCCO. The number of rotatable bonds is 7. The fourth-order valence-electron chi connectivity index (χ4n) is 0.980. The number of carbonyl (C=O) groups is 1. The van der Waals surface area contributed by atoms with E-state index in [0.29, 0.717) is 19.4 Å². The normalized spacial score (nSPS) is 12.5. The lowest BCUT2D eigenvalue weighted by Gasteiger charge is -2.09. The lowest BCUT2D eigenvalue weighted by Crippen LogP contribution is -2.28. The lowest BCUT2D eigenvalue weighted by molar-refractivity contribution is -0.123. The van der Waals surface area contributed by atoms with Crippen molar-refractivity contribution in [2.45, 2.75) is 38.7 Å². The van der Waals surface area contributed by atoms with Crippen molar-refractivity contribution in [2.24, 2.45) is 0 Å². The summed E-state index contributed by atoms with van der Waals surface area (Å²) in [5, 5.41) is 20.4. The minimum Gasteiger partial charge on any atom is -0.396 e. The lowest BCUT2D eigenvalue weighted by atomic mass is 10.1. The van der Waals surface area contributed by atoms with Crippen molar-refractivity contribution in [2.75, 3.05) is 13.2 Å². The molecule has 0 radical (unpaired) electrons. The van der Waals surface area contributed by atoms with Crippen LogP contribution in [0.15, 0.2) is 0 Å². The van der Waals surface area contributed by atoms with Crippen molar-refractivity contribution in [3.63, 3.8) is 0 Å². The maximum atomic E-state index is 11.0. The van der Waals surface area contributed by atoms with Crippen LogP contribution in [0.4, 0.5) is 0 Å². The Morgan fingerprint density at radius 2 is 2.23 bits per heavy atom. The highest BCUT2D eigenvalue weighted by molar-refractivity contribution is 5.76. The first-order valence-corrected chi connectivity index (χ1v) is 4.76. The van der Waals surface area contributed by atoms with Crippen molar-refractivity contribution in [3.8, 4) is 0 Å². The van der Waals surface area contributed by atoms with Crippen LogP contribution >= 0.6 is 0 Å². The maximum Gasteiger partial charge on any atom is 0.222 e. The molecule has 0 saturated heterocycles. The van der Waals surface area contributed by atoms with Gasteiger partial charge in [-0.1, -0.05) is 6.92 Å². The first-order chi connectivity index (χ1) is 6.20. The van der Waals surface area contributed by atoms with E-state index < -0.39 is 6.10 Å². The summed E-state index contributed by atoms with van der Waals surface area (Å²) < 4.78 is 0. The molecule has 0 bridgehead atoms. The Hall–Kier alpha value is -0.610. The Bertz CT molecular complexity index is 139. The zero-order valence-electron chi connectivity index (χ0n) is 8.12. The van der Waals surface area contributed by atoms with Gasteiger partial charge in [0.15, 0.2) is 0 Å². The molecular formula is C9H19NO3. The molecule has 4 heteroatoms. The van der Waals surface area contributed by atoms with Crippen molar-refractivity contribution in [3.05, 3.63) is 0 Å². The highest BCUT2D eigenvalue weighted by Gasteiger charge is 2.09. The Kier molecular flexibility index (Phi) is 7.63. The third-order valence-corrected chi connectivity index (χ3v) is 1.69. The summed E-state index contributed by atoms with van der Waals surface area (Å²) in [5.41, 5.74) is 0. The second-order valence-electron chi connectivity index (χ2n) is 3.07. The van der Waals surface area contributed by atoms with E-state index in [-0.39, 0.29) is 18.9 Å². The Labute approximate surface area is 79.0 Å². The largest absolute Gasteiger partial charge is 0.396 e. The molecule has 0 fully saturated rings. The number of nitrogens with one attached hydrogen (secondary N) is 1. The predicted octanol–water partition coefficient (Wildman–Crippen LogP) is 0.0361. The van der Waals surface area contributed by atoms with E-state index >= 15 is 0 Å². The van der Waals surface area contributed by atoms with Crippen LogP contribution < -0.4 is 5.32 Å². The second kappa shape index (κ2) is 8.01. The van der Waals surface area contributed by atoms with E-state index in [4.69, 9.17) is 5.11 Å². The molecule has 0 aromatic rings. The predicted molar refractivity (Wildman–Crippen MR) is 50.2 cm³/mol. The molecule has 78 valence electrons. The molecule has 1 unspecified atom stereocenters. The molecule has 0 saturated carbocycles. The van der Waals surface area contributed by atoms with Gasteiger partial charge in [-0.15, -0.1) is 0 Å². The minimum atomic E-state index is -0.621. The van der Waals surface area contributed by atoms with Crippen LogP contribution in [0.2, 0.25) is 0 Å². The number of aliphatic hydroxyl groups is 2. The van der Waals surface area contributed by atoms with Gasteiger partial charge >= 0.3 is 0 Å². The Morgan fingerprint density at radius 1 is 1.54 bits per heavy atom. The van der Waals surface area contributed by atoms with Gasteiger partial charge in [0.2, 0.25) is 5.91 Å². The van der Waals surface area contributed by atoms with E-state index in [1.807, 2.05) is 6.92 Å². The standard InChI is InChI=1S/C9H19NO3/c1-2-5-10-9(13)7-8(12)4-3-6-11/h8,11-12H,2-7H2,1H3,(H,10,13). The van der Waals surface area contributed by atoms with E-state index in [1.54, 1.807) is 0 Å². The van der Waals surface area contributed by atoms with Crippen LogP contribution in [0.5, 0.6) is 0 Å². The minimum absolute atomic E-state index is 0.0631. The topological polar surface area (TPSA) is 69.6 Å². The third-order valence-electron chi connectivity index (χ3n) is 1.69. The number of amides is 1. The number of hydrogen-bond acceptors (Lipinski definition) is 3. The summed E-state index contributed by atoms with van der Waals surface area (Å²) >= 11 is 0. The van der Waals surface area contributed by atoms with Crippen LogP contribution in [0.25, 0.3) is 0 Å². The monoisotopic (exact) mass is 189 g/mol. The molecule has 1 amide bonds. The molecule has 1 atom stereocenters. The van der Waals surface area contributed by atoms with E-state index in [0.717, 1.165) is 6.42 Å². The van der Waals surface area contributed by atoms with Gasteiger partial charge in [0.05, 0.1) is 12.5 Å². The van der Waals surface area contributed by atoms with Crippen LogP contribution in [-0.4, -0.2) is 35.4 Å². The molecular weight excluding hydrogens is 170 g/mol. The first-order valence-electron chi connectivity index (χ1n) is 4.76. The van der Waals surface area contributed by atoms with E-state index in [9.17, 15) is 9.90 Å². The highest BCUT2D eigenvalue weighted by Crippen LogP contribution is 2.00. The van der Waals surface area contributed by atoms with Gasteiger partial charge < -0.3 is 15.5 Å². The van der Waals surface area contributed by atoms with Crippen LogP contribution in [0.3, 0.4) is 0 Å². The molecule has 0 rings (SSSR count). The van der Waals surface area contributed by atoms with Gasteiger partial charge in [0.25, 0.3) is 0 Å². The smallest absolute Gasteiger partial charge is 0.222 e. The Morgan fingerprint density at radius 3 is 2.77 bits per heavy atom. The second-order valence-corrected chi connectivity index (χ2v) is 3.07. The highest BCUT2D eigenvalue weighted by atomic mass is 16.3. The third kappa shape index (κ3) is 7.74. The van der Waals surface area contributed by atoms with Gasteiger partial charge in [-0.25, -0.2) is 0 Å². The van der Waals surface area contributed by atoms with Crippen LogP contribution in [-0.2, 0) is 4.79 Å². The van der Waals surface area contributed by atoms with Crippen molar-refractivity contribution < 1.29 is 15.0 Å². The molecule has 0 aromatic heterocycles.